The Morgan fingerprint density at radius 1 is 0.800 bits per heavy atom. The molecule has 1 atom stereocenters. The zero-order valence-corrected chi connectivity index (χ0v) is 14.1. The van der Waals surface area contributed by atoms with Gasteiger partial charge in [0.1, 0.15) is 0 Å². The molecule has 2 heteroatoms. The molecule has 0 amide bonds. The quantitative estimate of drug-likeness (QED) is 0.287. The van der Waals surface area contributed by atoms with Gasteiger partial charge in [-0.2, -0.15) is 0 Å². The molecular formula is C18H36O2. The second-order valence-corrected chi connectivity index (χ2v) is 6.02. The van der Waals surface area contributed by atoms with Crippen molar-refractivity contribution in [3.63, 3.8) is 0 Å². The van der Waals surface area contributed by atoms with Crippen LogP contribution < -0.4 is 0 Å². The SMILES string of the molecule is CCCCCCCCCC(=O)O[C@H](C)CCCCCC. The number of hydrogen-bond donors (Lipinski definition) is 0. The van der Waals surface area contributed by atoms with Crippen LogP contribution in [0.25, 0.3) is 0 Å². The van der Waals surface area contributed by atoms with E-state index in [1.54, 1.807) is 0 Å². The Balaban J connectivity index is 3.34. The van der Waals surface area contributed by atoms with E-state index >= 15 is 0 Å². The van der Waals surface area contributed by atoms with E-state index in [0.717, 1.165) is 12.8 Å². The average Bonchev–Trinajstić information content (AvgIpc) is 2.42. The number of ether oxygens (including phenoxy) is 1. The fourth-order valence-electron chi connectivity index (χ4n) is 2.43. The van der Waals surface area contributed by atoms with Crippen molar-refractivity contribution in [1.29, 1.82) is 0 Å². The van der Waals surface area contributed by atoms with Crippen LogP contribution in [0.3, 0.4) is 0 Å². The molecule has 0 aliphatic heterocycles. The molecule has 0 aromatic heterocycles. The smallest absolute Gasteiger partial charge is 0.306 e. The van der Waals surface area contributed by atoms with Gasteiger partial charge in [0.2, 0.25) is 0 Å². The van der Waals surface area contributed by atoms with E-state index in [-0.39, 0.29) is 12.1 Å². The van der Waals surface area contributed by atoms with Crippen molar-refractivity contribution < 1.29 is 9.53 Å². The van der Waals surface area contributed by atoms with E-state index in [2.05, 4.69) is 13.8 Å². The minimum Gasteiger partial charge on any atom is -0.463 e. The van der Waals surface area contributed by atoms with E-state index in [9.17, 15) is 4.79 Å². The molecule has 0 fully saturated rings. The first kappa shape index (κ1) is 19.5. The second kappa shape index (κ2) is 14.9. The maximum Gasteiger partial charge on any atom is 0.306 e. The first-order valence-corrected chi connectivity index (χ1v) is 8.90. The molecule has 0 radical (unpaired) electrons. The van der Waals surface area contributed by atoms with Crippen molar-refractivity contribution >= 4 is 5.97 Å². The van der Waals surface area contributed by atoms with Gasteiger partial charge in [0.25, 0.3) is 0 Å². The Hall–Kier alpha value is -0.530. The first-order valence-electron chi connectivity index (χ1n) is 8.90. The highest BCUT2D eigenvalue weighted by molar-refractivity contribution is 5.69. The molecule has 0 unspecified atom stereocenters. The van der Waals surface area contributed by atoms with Crippen LogP contribution in [-0.2, 0) is 9.53 Å². The van der Waals surface area contributed by atoms with Gasteiger partial charge in [-0.15, -0.1) is 0 Å². The summed E-state index contributed by atoms with van der Waals surface area (Å²) in [5, 5.41) is 0. The number of esters is 1. The molecule has 0 rings (SSSR count). The summed E-state index contributed by atoms with van der Waals surface area (Å²) in [6, 6.07) is 0. The molecule has 0 aliphatic rings. The molecule has 0 aromatic carbocycles. The fourth-order valence-corrected chi connectivity index (χ4v) is 2.43. The first-order chi connectivity index (χ1) is 9.70. The van der Waals surface area contributed by atoms with Crippen molar-refractivity contribution in [2.75, 3.05) is 0 Å². The van der Waals surface area contributed by atoms with Crippen LogP contribution in [-0.4, -0.2) is 12.1 Å². The summed E-state index contributed by atoms with van der Waals surface area (Å²) in [4.78, 5) is 11.7. The number of rotatable bonds is 14. The van der Waals surface area contributed by atoms with Gasteiger partial charge >= 0.3 is 5.97 Å². The minimum atomic E-state index is 0.00143. The topological polar surface area (TPSA) is 26.3 Å². The summed E-state index contributed by atoms with van der Waals surface area (Å²) < 4.78 is 5.44. The van der Waals surface area contributed by atoms with Crippen LogP contribution in [0.2, 0.25) is 0 Å². The Morgan fingerprint density at radius 3 is 1.90 bits per heavy atom. The Kier molecular flexibility index (Phi) is 14.5. The molecule has 0 N–H and O–H groups in total. The van der Waals surface area contributed by atoms with Crippen molar-refractivity contribution in [3.05, 3.63) is 0 Å². The zero-order chi connectivity index (χ0) is 15.1. The lowest BCUT2D eigenvalue weighted by Crippen LogP contribution is -2.14. The monoisotopic (exact) mass is 284 g/mol. The number of unbranched alkanes of at least 4 members (excludes halogenated alkanes) is 9. The third kappa shape index (κ3) is 13.9. The van der Waals surface area contributed by atoms with Crippen LogP contribution in [0.4, 0.5) is 0 Å². The van der Waals surface area contributed by atoms with Crippen molar-refractivity contribution in [3.8, 4) is 0 Å². The molecule has 0 bridgehead atoms. The minimum absolute atomic E-state index is 0.00143. The number of hydrogen-bond acceptors (Lipinski definition) is 2. The summed E-state index contributed by atoms with van der Waals surface area (Å²) in [6.07, 6.45) is 15.4. The zero-order valence-electron chi connectivity index (χ0n) is 14.1. The molecule has 0 heterocycles. The summed E-state index contributed by atoms with van der Waals surface area (Å²) in [6.45, 7) is 6.47. The van der Waals surface area contributed by atoms with Crippen LogP contribution >= 0.6 is 0 Å². The van der Waals surface area contributed by atoms with Crippen molar-refractivity contribution in [1.82, 2.24) is 0 Å². The van der Waals surface area contributed by atoms with Gasteiger partial charge in [0, 0.05) is 6.42 Å². The molecule has 0 aromatic rings. The highest BCUT2D eigenvalue weighted by Crippen LogP contribution is 2.11. The molecule has 0 aliphatic carbocycles. The van der Waals surface area contributed by atoms with Gasteiger partial charge in [-0.1, -0.05) is 71.6 Å². The van der Waals surface area contributed by atoms with Crippen LogP contribution in [0.1, 0.15) is 104 Å². The lowest BCUT2D eigenvalue weighted by atomic mass is 10.1. The predicted octanol–water partition coefficient (Wildman–Crippen LogP) is 6.03. The van der Waals surface area contributed by atoms with E-state index in [0.29, 0.717) is 6.42 Å². The van der Waals surface area contributed by atoms with Gasteiger partial charge in [-0.25, -0.2) is 0 Å². The largest absolute Gasteiger partial charge is 0.463 e. The number of carbonyl (C=O) groups is 1. The highest BCUT2D eigenvalue weighted by atomic mass is 16.5. The Morgan fingerprint density at radius 2 is 1.30 bits per heavy atom. The summed E-state index contributed by atoms with van der Waals surface area (Å²) in [5.41, 5.74) is 0. The van der Waals surface area contributed by atoms with E-state index in [1.165, 1.54) is 64.2 Å². The normalized spacial score (nSPS) is 12.3. The van der Waals surface area contributed by atoms with Gasteiger partial charge < -0.3 is 4.74 Å². The maximum absolute atomic E-state index is 11.7. The summed E-state index contributed by atoms with van der Waals surface area (Å²) >= 11 is 0. The fraction of sp³-hybridized carbons (Fsp3) is 0.944. The summed E-state index contributed by atoms with van der Waals surface area (Å²) in [7, 11) is 0. The predicted molar refractivity (Wildman–Crippen MR) is 86.9 cm³/mol. The third-order valence-corrected chi connectivity index (χ3v) is 3.78. The van der Waals surface area contributed by atoms with Crippen molar-refractivity contribution in [2.24, 2.45) is 0 Å². The molecule has 120 valence electrons. The standard InChI is InChI=1S/C18H36O2/c1-4-6-8-10-11-12-14-16-18(19)20-17(3)15-13-9-7-5-2/h17H,4-16H2,1-3H3/t17-/m1/s1. The average molecular weight is 284 g/mol. The van der Waals surface area contributed by atoms with Gasteiger partial charge in [0.15, 0.2) is 0 Å². The van der Waals surface area contributed by atoms with Crippen LogP contribution in [0.15, 0.2) is 0 Å². The third-order valence-electron chi connectivity index (χ3n) is 3.78. The Labute approximate surface area is 126 Å². The maximum atomic E-state index is 11.7. The van der Waals surface area contributed by atoms with E-state index in [1.807, 2.05) is 6.92 Å². The van der Waals surface area contributed by atoms with Crippen molar-refractivity contribution in [2.45, 2.75) is 110 Å². The highest BCUT2D eigenvalue weighted by Gasteiger charge is 2.08. The van der Waals surface area contributed by atoms with Crippen LogP contribution in [0.5, 0.6) is 0 Å². The van der Waals surface area contributed by atoms with Crippen LogP contribution in [0, 0.1) is 0 Å². The van der Waals surface area contributed by atoms with Gasteiger partial charge in [-0.05, 0) is 26.2 Å². The molecule has 20 heavy (non-hydrogen) atoms. The molecular weight excluding hydrogens is 248 g/mol. The lowest BCUT2D eigenvalue weighted by Gasteiger charge is -2.13. The molecule has 0 saturated heterocycles. The van der Waals surface area contributed by atoms with E-state index in [4.69, 9.17) is 4.74 Å². The summed E-state index contributed by atoms with van der Waals surface area (Å²) in [5.74, 6) is 0.00143. The molecule has 0 saturated carbocycles. The lowest BCUT2D eigenvalue weighted by molar-refractivity contribution is -0.148. The molecule has 0 spiro atoms. The number of carbonyl (C=O) groups excluding carboxylic acids is 1. The van der Waals surface area contributed by atoms with Gasteiger partial charge in [-0.3, -0.25) is 4.79 Å². The van der Waals surface area contributed by atoms with E-state index < -0.39 is 0 Å². The second-order valence-electron chi connectivity index (χ2n) is 6.02. The Bertz CT molecular complexity index is 213. The molecule has 2 nitrogen and oxygen atoms in total. The van der Waals surface area contributed by atoms with Gasteiger partial charge in [0.05, 0.1) is 6.10 Å².